The Kier molecular flexibility index (Phi) is 37.3. The van der Waals surface area contributed by atoms with E-state index >= 15 is 0 Å². The third kappa shape index (κ3) is 33.3. The molecule has 0 aliphatic rings. The van der Waals surface area contributed by atoms with E-state index in [1.165, 1.54) is 219 Å². The molecule has 0 aromatic rings. The molecule has 44 heavy (non-hydrogen) atoms. The van der Waals surface area contributed by atoms with Gasteiger partial charge in [0.15, 0.2) is 0 Å². The van der Waals surface area contributed by atoms with Gasteiger partial charge < -0.3 is 10.6 Å². The first-order valence-electron chi connectivity index (χ1n) is 21.1. The summed E-state index contributed by atoms with van der Waals surface area (Å²) in [4.78, 5) is 2.74. The normalized spacial score (nSPS) is 12.6. The fraction of sp³-hybridized carbons (Fsp3) is 1.00. The minimum absolute atomic E-state index is 0.839. The van der Waals surface area contributed by atoms with Crippen LogP contribution in [0.3, 0.4) is 0 Å². The Balaban J connectivity index is 4.01. The minimum Gasteiger partial charge on any atom is -0.330 e. The maximum atomic E-state index is 5.88. The summed E-state index contributed by atoms with van der Waals surface area (Å²) in [5.74, 6) is 1.96. The highest BCUT2D eigenvalue weighted by atomic mass is 15.1. The minimum atomic E-state index is 0.839. The Morgan fingerprint density at radius 3 is 1.07 bits per heavy atom. The number of nitrogens with two attached hydrogens (primary N) is 1. The van der Waals surface area contributed by atoms with E-state index in [9.17, 15) is 0 Å². The molecule has 0 rings (SSSR count). The predicted molar refractivity (Wildman–Crippen MR) is 203 cm³/mol. The van der Waals surface area contributed by atoms with Crippen LogP contribution in [-0.4, -0.2) is 31.1 Å². The molecule has 1 atom stereocenters. The summed E-state index contributed by atoms with van der Waals surface area (Å²) < 4.78 is 0. The van der Waals surface area contributed by atoms with E-state index in [2.05, 4.69) is 32.6 Å². The van der Waals surface area contributed by atoms with E-state index in [0.29, 0.717) is 0 Å². The first-order valence-corrected chi connectivity index (χ1v) is 21.1. The van der Waals surface area contributed by atoms with Crippen molar-refractivity contribution in [3.05, 3.63) is 0 Å². The van der Waals surface area contributed by atoms with Crippen molar-refractivity contribution in [2.24, 2.45) is 17.6 Å². The van der Waals surface area contributed by atoms with Gasteiger partial charge in [-0.15, -0.1) is 0 Å². The number of unbranched alkanes of at least 4 members (excludes halogenated alkanes) is 21. The molecule has 266 valence electrons. The molecule has 0 fully saturated rings. The summed E-state index contributed by atoms with van der Waals surface area (Å²) in [6, 6.07) is 0. The Morgan fingerprint density at radius 2 is 0.659 bits per heavy atom. The monoisotopic (exact) mass is 621 g/mol. The van der Waals surface area contributed by atoms with Gasteiger partial charge in [-0.25, -0.2) is 0 Å². The van der Waals surface area contributed by atoms with Crippen LogP contribution < -0.4 is 5.73 Å². The van der Waals surface area contributed by atoms with Crippen LogP contribution >= 0.6 is 0 Å². The highest BCUT2D eigenvalue weighted by Gasteiger charge is 2.09. The van der Waals surface area contributed by atoms with Crippen molar-refractivity contribution in [1.82, 2.24) is 4.90 Å². The summed E-state index contributed by atoms with van der Waals surface area (Å²) in [7, 11) is 0. The van der Waals surface area contributed by atoms with Crippen LogP contribution in [0.5, 0.6) is 0 Å². The Labute approximate surface area is 281 Å². The molecule has 0 aromatic heterocycles. The molecule has 2 nitrogen and oxygen atoms in total. The van der Waals surface area contributed by atoms with Crippen LogP contribution in [0.25, 0.3) is 0 Å². The largest absolute Gasteiger partial charge is 0.330 e. The van der Waals surface area contributed by atoms with E-state index in [1.807, 2.05) is 0 Å². The number of rotatable bonds is 38. The summed E-state index contributed by atoms with van der Waals surface area (Å²) in [5.41, 5.74) is 5.88. The van der Waals surface area contributed by atoms with Crippen LogP contribution in [0.4, 0.5) is 0 Å². The van der Waals surface area contributed by atoms with Crippen LogP contribution in [-0.2, 0) is 0 Å². The first kappa shape index (κ1) is 43.9. The second-order valence-corrected chi connectivity index (χ2v) is 15.0. The van der Waals surface area contributed by atoms with Gasteiger partial charge in [0.1, 0.15) is 0 Å². The molecule has 0 saturated heterocycles. The lowest BCUT2D eigenvalue weighted by Crippen LogP contribution is -2.28. The summed E-state index contributed by atoms with van der Waals surface area (Å²) >= 11 is 0. The van der Waals surface area contributed by atoms with Crippen molar-refractivity contribution in [2.75, 3.05) is 26.2 Å². The van der Waals surface area contributed by atoms with Gasteiger partial charge in [-0.1, -0.05) is 214 Å². The number of hydrogen-bond acceptors (Lipinski definition) is 2. The lowest BCUT2D eigenvalue weighted by Gasteiger charge is -2.22. The predicted octanol–water partition coefficient (Wildman–Crippen LogP) is 14.0. The molecule has 1 unspecified atom stereocenters. The summed E-state index contributed by atoms with van der Waals surface area (Å²) in [5, 5.41) is 0. The zero-order valence-corrected chi connectivity index (χ0v) is 31.6. The number of hydrogen-bond donors (Lipinski definition) is 1. The first-order chi connectivity index (χ1) is 21.7. The molecular formula is C42H88N2. The van der Waals surface area contributed by atoms with Crippen LogP contribution in [0.15, 0.2) is 0 Å². The lowest BCUT2D eigenvalue weighted by molar-refractivity contribution is 0.258. The third-order valence-corrected chi connectivity index (χ3v) is 10.4. The molecule has 0 saturated carbocycles. The molecule has 0 aliphatic carbocycles. The van der Waals surface area contributed by atoms with Crippen molar-refractivity contribution in [3.8, 4) is 0 Å². The SMILES string of the molecule is CCCCCCCCC(CCCCCCCC)CCCCCCCN(CCCN)CCCCCCCCC(C)CCCCC. The molecule has 0 bridgehead atoms. The van der Waals surface area contributed by atoms with Gasteiger partial charge in [-0.05, 0) is 57.3 Å². The maximum absolute atomic E-state index is 5.88. The van der Waals surface area contributed by atoms with Gasteiger partial charge in [-0.2, -0.15) is 0 Å². The molecule has 2 heteroatoms. The van der Waals surface area contributed by atoms with Crippen molar-refractivity contribution >= 4 is 0 Å². The molecule has 2 N–H and O–H groups in total. The standard InChI is InChI=1S/C42H88N2/c1-5-8-11-13-19-26-34-42(35-27-20-14-12-9-6-2)36-28-21-17-23-30-39-44(40-31-37-43)38-29-22-16-15-18-25-33-41(4)32-24-10-7-3/h41-42H,5-40,43H2,1-4H3. The fourth-order valence-corrected chi connectivity index (χ4v) is 7.23. The van der Waals surface area contributed by atoms with Crippen molar-refractivity contribution < 1.29 is 0 Å². The van der Waals surface area contributed by atoms with Gasteiger partial charge in [0.2, 0.25) is 0 Å². The third-order valence-electron chi connectivity index (χ3n) is 10.4. The van der Waals surface area contributed by atoms with Crippen LogP contribution in [0, 0.1) is 11.8 Å². The average Bonchev–Trinajstić information content (AvgIpc) is 3.03. The van der Waals surface area contributed by atoms with Gasteiger partial charge in [0.25, 0.3) is 0 Å². The van der Waals surface area contributed by atoms with E-state index in [-0.39, 0.29) is 0 Å². The van der Waals surface area contributed by atoms with Crippen molar-refractivity contribution in [1.29, 1.82) is 0 Å². The molecular weight excluding hydrogens is 532 g/mol. The average molecular weight is 621 g/mol. The highest BCUT2D eigenvalue weighted by molar-refractivity contribution is 4.64. The van der Waals surface area contributed by atoms with E-state index in [0.717, 1.165) is 24.8 Å². The quantitative estimate of drug-likeness (QED) is 0.0696. The zero-order chi connectivity index (χ0) is 32.2. The summed E-state index contributed by atoms with van der Waals surface area (Å²) in [6.45, 7) is 14.1. The molecule has 0 amide bonds. The molecule has 0 aliphatic heterocycles. The fourth-order valence-electron chi connectivity index (χ4n) is 7.23. The van der Waals surface area contributed by atoms with E-state index in [1.54, 1.807) is 0 Å². The van der Waals surface area contributed by atoms with Gasteiger partial charge in [0, 0.05) is 0 Å². The molecule has 0 aromatic carbocycles. The zero-order valence-electron chi connectivity index (χ0n) is 31.6. The van der Waals surface area contributed by atoms with Crippen molar-refractivity contribution in [2.45, 2.75) is 233 Å². The molecule has 0 radical (unpaired) electrons. The van der Waals surface area contributed by atoms with Crippen LogP contribution in [0.1, 0.15) is 233 Å². The maximum Gasteiger partial charge on any atom is -0.000672 e. The topological polar surface area (TPSA) is 29.3 Å². The highest BCUT2D eigenvalue weighted by Crippen LogP contribution is 2.25. The van der Waals surface area contributed by atoms with Gasteiger partial charge in [-0.3, -0.25) is 0 Å². The Bertz CT molecular complexity index is 490. The Hall–Kier alpha value is -0.0800. The lowest BCUT2D eigenvalue weighted by atomic mass is 9.89. The van der Waals surface area contributed by atoms with Crippen LogP contribution in [0.2, 0.25) is 0 Å². The van der Waals surface area contributed by atoms with E-state index in [4.69, 9.17) is 5.73 Å². The smallest absolute Gasteiger partial charge is 0.000672 e. The summed E-state index contributed by atoms with van der Waals surface area (Å²) in [6.07, 6.45) is 46.0. The second-order valence-electron chi connectivity index (χ2n) is 15.0. The number of nitrogens with zero attached hydrogens (tertiary/aromatic N) is 1. The van der Waals surface area contributed by atoms with E-state index < -0.39 is 0 Å². The second kappa shape index (κ2) is 37.4. The Morgan fingerprint density at radius 1 is 0.364 bits per heavy atom. The molecule has 0 heterocycles. The molecule has 0 spiro atoms. The van der Waals surface area contributed by atoms with Crippen molar-refractivity contribution in [3.63, 3.8) is 0 Å². The van der Waals surface area contributed by atoms with Gasteiger partial charge in [0.05, 0.1) is 0 Å². The van der Waals surface area contributed by atoms with Gasteiger partial charge >= 0.3 is 0 Å².